The van der Waals surface area contributed by atoms with Crippen LogP contribution in [0.2, 0.25) is 0 Å². The number of benzene rings is 1. The van der Waals surface area contributed by atoms with E-state index in [0.29, 0.717) is 17.0 Å². The molecule has 1 aliphatic heterocycles. The molecule has 1 aliphatic carbocycles. The Morgan fingerprint density at radius 1 is 1.13 bits per heavy atom. The maximum Gasteiger partial charge on any atom is 0.328 e. The van der Waals surface area contributed by atoms with Gasteiger partial charge in [0.05, 0.1) is 13.1 Å². The van der Waals surface area contributed by atoms with Crippen LogP contribution in [-0.4, -0.2) is 37.5 Å². The predicted molar refractivity (Wildman–Crippen MR) is 87.5 cm³/mol. The first-order valence-electron chi connectivity index (χ1n) is 7.25. The summed E-state index contributed by atoms with van der Waals surface area (Å²) < 4.78 is 0.677. The van der Waals surface area contributed by atoms with Gasteiger partial charge in [-0.1, -0.05) is 41.7 Å². The van der Waals surface area contributed by atoms with Crippen molar-refractivity contribution in [1.29, 1.82) is 0 Å². The molecule has 8 heteroatoms. The molecule has 6 nitrogen and oxygen atoms in total. The molecule has 0 bridgehead atoms. The minimum absolute atomic E-state index is 0.0880. The summed E-state index contributed by atoms with van der Waals surface area (Å²) in [7, 11) is 0. The van der Waals surface area contributed by atoms with Gasteiger partial charge in [-0.25, -0.2) is 4.79 Å². The molecule has 0 radical (unpaired) electrons. The molecule has 1 saturated heterocycles. The average molecular weight is 393 g/mol. The number of amides is 3. The Hall–Kier alpha value is -1.80. The fourth-order valence-corrected chi connectivity index (χ4v) is 4.13. The Labute approximate surface area is 145 Å². The van der Waals surface area contributed by atoms with E-state index in [1.807, 2.05) is 30.3 Å². The molecule has 2 fully saturated rings. The van der Waals surface area contributed by atoms with Gasteiger partial charge < -0.3 is 4.90 Å². The highest BCUT2D eigenvalue weighted by Gasteiger charge is 2.64. The van der Waals surface area contributed by atoms with Crippen LogP contribution in [0.15, 0.2) is 34.2 Å². The zero-order chi connectivity index (χ0) is 16.0. The second-order valence-electron chi connectivity index (χ2n) is 5.73. The van der Waals surface area contributed by atoms with Crippen LogP contribution in [-0.2, 0) is 17.9 Å². The Kier molecular flexibility index (Phi) is 3.46. The first-order valence-corrected chi connectivity index (χ1v) is 8.86. The van der Waals surface area contributed by atoms with Crippen LogP contribution in [0.3, 0.4) is 0 Å². The molecule has 1 aromatic carbocycles. The largest absolute Gasteiger partial charge is 0.328 e. The van der Waals surface area contributed by atoms with Gasteiger partial charge in [0, 0.05) is 0 Å². The number of rotatable bonds is 4. The summed E-state index contributed by atoms with van der Waals surface area (Å²) in [6.07, 6.45) is 1.45. The van der Waals surface area contributed by atoms with Crippen LogP contribution in [0.4, 0.5) is 4.79 Å². The summed E-state index contributed by atoms with van der Waals surface area (Å²) in [5.74, 6) is -0.0880. The quantitative estimate of drug-likeness (QED) is 0.750. The number of nitrogens with zero attached hydrogens (tertiary/aromatic N) is 4. The first-order chi connectivity index (χ1) is 11.1. The van der Waals surface area contributed by atoms with Crippen LogP contribution in [0.25, 0.3) is 0 Å². The molecule has 118 valence electrons. The summed E-state index contributed by atoms with van der Waals surface area (Å²) >= 11 is 4.66. The van der Waals surface area contributed by atoms with E-state index in [4.69, 9.17) is 0 Å². The molecule has 4 rings (SSSR count). The molecule has 0 N–H and O–H groups in total. The van der Waals surface area contributed by atoms with Crippen LogP contribution in [0.5, 0.6) is 0 Å². The predicted octanol–water partition coefficient (Wildman–Crippen LogP) is 2.80. The van der Waals surface area contributed by atoms with Crippen LogP contribution in [0.1, 0.15) is 23.4 Å². The van der Waals surface area contributed by atoms with Gasteiger partial charge in [0.1, 0.15) is 10.5 Å². The normalized spacial score (nSPS) is 19.0. The van der Waals surface area contributed by atoms with Crippen molar-refractivity contribution in [2.45, 2.75) is 31.5 Å². The molecule has 0 unspecified atom stereocenters. The first kappa shape index (κ1) is 14.8. The van der Waals surface area contributed by atoms with Crippen molar-refractivity contribution in [2.24, 2.45) is 0 Å². The molecule has 1 saturated carbocycles. The summed E-state index contributed by atoms with van der Waals surface area (Å²) in [5.41, 5.74) is 0.301. The van der Waals surface area contributed by atoms with Crippen molar-refractivity contribution in [2.75, 3.05) is 0 Å². The van der Waals surface area contributed by atoms with E-state index >= 15 is 0 Å². The summed E-state index contributed by atoms with van der Waals surface area (Å²) in [5, 5.41) is 8.67. The number of hydrogen-bond donors (Lipinski definition) is 0. The second-order valence-corrected chi connectivity index (χ2v) is 8.06. The average Bonchev–Trinajstić information content (AvgIpc) is 3.22. The lowest BCUT2D eigenvalue weighted by atomic mass is 10.2. The van der Waals surface area contributed by atoms with Gasteiger partial charge in [-0.3, -0.25) is 9.69 Å². The molecule has 1 spiro atoms. The number of urea groups is 1. The number of carbonyl (C=O) groups is 2. The van der Waals surface area contributed by atoms with Crippen LogP contribution >= 0.6 is 27.3 Å². The van der Waals surface area contributed by atoms with Gasteiger partial charge in [-0.15, -0.1) is 10.2 Å². The number of halogens is 1. The standard InChI is InChI=1S/C15H13BrN4O2S/c16-13-18-17-11(23-13)9-20-14(22)19(12(21)15(20)6-7-15)8-10-4-2-1-3-5-10/h1-5H,6-9H2. The molecule has 2 aromatic rings. The van der Waals surface area contributed by atoms with E-state index in [1.165, 1.54) is 16.2 Å². The zero-order valence-corrected chi connectivity index (χ0v) is 14.5. The van der Waals surface area contributed by atoms with Crippen molar-refractivity contribution in [1.82, 2.24) is 20.0 Å². The van der Waals surface area contributed by atoms with Gasteiger partial charge in [0.2, 0.25) is 0 Å². The highest BCUT2D eigenvalue weighted by molar-refractivity contribution is 9.11. The monoisotopic (exact) mass is 392 g/mol. The van der Waals surface area contributed by atoms with Crippen molar-refractivity contribution >= 4 is 39.2 Å². The smallest absolute Gasteiger partial charge is 0.303 e. The lowest BCUT2D eigenvalue weighted by Crippen LogP contribution is -2.36. The van der Waals surface area contributed by atoms with Crippen molar-refractivity contribution in [3.8, 4) is 0 Å². The van der Waals surface area contributed by atoms with Gasteiger partial charge in [0.25, 0.3) is 5.91 Å². The third-order valence-corrected chi connectivity index (χ3v) is 5.61. The second kappa shape index (κ2) is 5.38. The number of hydrogen-bond acceptors (Lipinski definition) is 5. The highest BCUT2D eigenvalue weighted by Crippen LogP contribution is 2.49. The molecule has 2 heterocycles. The lowest BCUT2D eigenvalue weighted by Gasteiger charge is -2.19. The summed E-state index contributed by atoms with van der Waals surface area (Å²) in [4.78, 5) is 28.5. The van der Waals surface area contributed by atoms with E-state index in [9.17, 15) is 9.59 Å². The fourth-order valence-electron chi connectivity index (χ4n) is 2.94. The van der Waals surface area contributed by atoms with E-state index < -0.39 is 5.54 Å². The minimum Gasteiger partial charge on any atom is -0.303 e. The number of aromatic nitrogens is 2. The molecule has 1 aromatic heterocycles. The van der Waals surface area contributed by atoms with E-state index in [1.54, 1.807) is 4.90 Å². The Balaban J connectivity index is 1.59. The fraction of sp³-hybridized carbons (Fsp3) is 0.333. The third kappa shape index (κ3) is 2.46. The topological polar surface area (TPSA) is 66.4 Å². The molecule has 3 amide bonds. The van der Waals surface area contributed by atoms with Gasteiger partial charge >= 0.3 is 6.03 Å². The molecular weight excluding hydrogens is 380 g/mol. The van der Waals surface area contributed by atoms with Gasteiger partial charge in [0.15, 0.2) is 3.92 Å². The van der Waals surface area contributed by atoms with Crippen molar-refractivity contribution in [3.05, 3.63) is 44.8 Å². The maximum absolute atomic E-state index is 12.8. The SMILES string of the molecule is O=C1N(Cc2ccccc2)C(=O)C2(CC2)N1Cc1nnc(Br)s1. The molecule has 2 aliphatic rings. The van der Waals surface area contributed by atoms with E-state index in [0.717, 1.165) is 23.4 Å². The van der Waals surface area contributed by atoms with Crippen molar-refractivity contribution < 1.29 is 9.59 Å². The van der Waals surface area contributed by atoms with Gasteiger partial charge in [-0.2, -0.15) is 0 Å². The molecule has 23 heavy (non-hydrogen) atoms. The molecule has 0 atom stereocenters. The van der Waals surface area contributed by atoms with Crippen LogP contribution in [0, 0.1) is 0 Å². The Morgan fingerprint density at radius 3 is 2.48 bits per heavy atom. The number of carbonyl (C=O) groups excluding carboxylic acids is 2. The van der Waals surface area contributed by atoms with Gasteiger partial charge in [-0.05, 0) is 34.3 Å². The summed E-state index contributed by atoms with van der Waals surface area (Å²) in [6, 6.07) is 9.34. The zero-order valence-electron chi connectivity index (χ0n) is 12.1. The van der Waals surface area contributed by atoms with E-state index in [-0.39, 0.29) is 11.9 Å². The van der Waals surface area contributed by atoms with E-state index in [2.05, 4.69) is 26.1 Å². The minimum atomic E-state index is -0.649. The van der Waals surface area contributed by atoms with Crippen molar-refractivity contribution in [3.63, 3.8) is 0 Å². The van der Waals surface area contributed by atoms with Crippen LogP contribution < -0.4 is 0 Å². The summed E-state index contributed by atoms with van der Waals surface area (Å²) in [6.45, 7) is 0.649. The Morgan fingerprint density at radius 2 is 1.87 bits per heavy atom. The highest BCUT2D eigenvalue weighted by atomic mass is 79.9. The maximum atomic E-state index is 12.8. The number of imide groups is 1. The molecular formula is C15H13BrN4O2S. The lowest BCUT2D eigenvalue weighted by molar-refractivity contribution is -0.129. The Bertz CT molecular complexity index is 775. The third-order valence-electron chi connectivity index (χ3n) is 4.26.